The average Bonchev–Trinajstić information content (AvgIpc) is 3.48. The van der Waals surface area contributed by atoms with Gasteiger partial charge in [0.1, 0.15) is 0 Å². The summed E-state index contributed by atoms with van der Waals surface area (Å²) in [4.78, 5) is 0. The Labute approximate surface area is 195 Å². The van der Waals surface area contributed by atoms with Crippen molar-refractivity contribution in [3.8, 4) is 0 Å². The molecule has 4 aliphatic carbocycles. The third kappa shape index (κ3) is 2.94. The Morgan fingerprint density at radius 3 is 2.03 bits per heavy atom. The van der Waals surface area contributed by atoms with Crippen molar-refractivity contribution in [2.45, 2.75) is 104 Å². The second-order valence-electron chi connectivity index (χ2n) is 11.2. The van der Waals surface area contributed by atoms with Crippen LogP contribution in [0.1, 0.15) is 86.5 Å². The molecule has 2 heterocycles. The fourth-order valence-electron chi connectivity index (χ4n) is 8.80. The molecule has 6 fully saturated rings. The Hall–Kier alpha value is -0.460. The van der Waals surface area contributed by atoms with Crippen molar-refractivity contribution in [1.29, 1.82) is 0 Å². The Balaban J connectivity index is 0.000000796. The van der Waals surface area contributed by atoms with Crippen LogP contribution >= 0.6 is 0 Å². The molecule has 1 N–H and O–H groups in total. The van der Waals surface area contributed by atoms with Crippen LogP contribution in [0.2, 0.25) is 0 Å². The van der Waals surface area contributed by atoms with E-state index in [1.165, 1.54) is 0 Å². The van der Waals surface area contributed by atoms with E-state index in [0.717, 1.165) is 63.7 Å². The van der Waals surface area contributed by atoms with Crippen LogP contribution in [-0.2, 0) is 18.9 Å². The van der Waals surface area contributed by atoms with Gasteiger partial charge in [0.25, 0.3) is 0 Å². The third-order valence-corrected chi connectivity index (χ3v) is 10.4. The first-order valence-corrected chi connectivity index (χ1v) is 12.7. The summed E-state index contributed by atoms with van der Waals surface area (Å²) in [5.74, 6) is 0.661. The standard InChI is InChI=1S/C24H36O5.C2H6.CH4/c1-16-14-17-18(4-6-21(3)19(17)5-7-24(21)28-12-13-29-24)20(2)8-9-22(15-23(16,20)25)26-10-11-27-22;1-2;/h17-19,25H,1,4-15H2,2-3H3;1-2H3;1H4/t17?,18?,19?,20-,21+,23+;;/m1../s1. The van der Waals surface area contributed by atoms with Crippen molar-refractivity contribution in [3.63, 3.8) is 0 Å². The van der Waals surface area contributed by atoms with Gasteiger partial charge in [0.15, 0.2) is 11.6 Å². The highest BCUT2D eigenvalue weighted by molar-refractivity contribution is 5.30. The van der Waals surface area contributed by atoms with Crippen molar-refractivity contribution >= 4 is 0 Å². The fourth-order valence-corrected chi connectivity index (χ4v) is 8.80. The zero-order chi connectivity index (χ0) is 22.1. The molecular weight excluding hydrogens is 404 g/mol. The lowest BCUT2D eigenvalue weighted by Gasteiger charge is -2.65. The van der Waals surface area contributed by atoms with E-state index in [1.807, 2.05) is 13.8 Å². The molecule has 3 unspecified atom stereocenters. The van der Waals surface area contributed by atoms with E-state index in [0.29, 0.717) is 37.4 Å². The molecule has 6 aliphatic rings. The maximum absolute atomic E-state index is 12.1. The van der Waals surface area contributed by atoms with Crippen molar-refractivity contribution in [2.24, 2.45) is 28.6 Å². The summed E-state index contributed by atoms with van der Waals surface area (Å²) in [7, 11) is 0. The number of hydrogen-bond acceptors (Lipinski definition) is 5. The van der Waals surface area contributed by atoms with Crippen molar-refractivity contribution < 1.29 is 24.1 Å². The molecule has 184 valence electrons. The summed E-state index contributed by atoms with van der Waals surface area (Å²) in [6.45, 7) is 15.9. The van der Waals surface area contributed by atoms with Gasteiger partial charge in [0, 0.05) is 30.1 Å². The highest BCUT2D eigenvalue weighted by atomic mass is 16.7. The zero-order valence-corrected chi connectivity index (χ0v) is 20.0. The van der Waals surface area contributed by atoms with E-state index in [1.54, 1.807) is 0 Å². The van der Waals surface area contributed by atoms with Crippen LogP contribution in [0, 0.1) is 28.6 Å². The number of rotatable bonds is 0. The maximum Gasteiger partial charge on any atom is 0.174 e. The highest BCUT2D eigenvalue weighted by Gasteiger charge is 2.71. The molecule has 5 heteroatoms. The molecule has 0 bridgehead atoms. The Morgan fingerprint density at radius 2 is 1.38 bits per heavy atom. The van der Waals surface area contributed by atoms with Crippen molar-refractivity contribution in [2.75, 3.05) is 26.4 Å². The molecule has 6 rings (SSSR count). The van der Waals surface area contributed by atoms with Gasteiger partial charge in [-0.3, -0.25) is 0 Å². The maximum atomic E-state index is 12.1. The average molecular weight is 451 g/mol. The van der Waals surface area contributed by atoms with Gasteiger partial charge in [-0.1, -0.05) is 41.7 Å². The van der Waals surface area contributed by atoms with E-state index in [9.17, 15) is 5.11 Å². The summed E-state index contributed by atoms with van der Waals surface area (Å²) < 4.78 is 24.6. The van der Waals surface area contributed by atoms with Gasteiger partial charge < -0.3 is 24.1 Å². The topological polar surface area (TPSA) is 57.2 Å². The summed E-state index contributed by atoms with van der Waals surface area (Å²) in [5, 5.41) is 12.1. The highest BCUT2D eigenvalue weighted by Crippen LogP contribution is 2.71. The number of ether oxygens (including phenoxy) is 4. The molecule has 4 saturated carbocycles. The normalized spacial score (nSPS) is 47.8. The second kappa shape index (κ2) is 8.05. The molecule has 2 spiro atoms. The lowest BCUT2D eigenvalue weighted by atomic mass is 9.42. The molecule has 5 nitrogen and oxygen atoms in total. The molecule has 6 atom stereocenters. The molecule has 0 amide bonds. The van der Waals surface area contributed by atoms with E-state index in [2.05, 4.69) is 20.4 Å². The molecule has 2 aliphatic heterocycles. The summed E-state index contributed by atoms with van der Waals surface area (Å²) in [6.07, 6.45) is 7.68. The van der Waals surface area contributed by atoms with Crippen molar-refractivity contribution in [1.82, 2.24) is 0 Å². The molecular formula is C27H46O5. The van der Waals surface area contributed by atoms with Gasteiger partial charge >= 0.3 is 0 Å². The van der Waals surface area contributed by atoms with Gasteiger partial charge in [-0.05, 0) is 55.4 Å². The van der Waals surface area contributed by atoms with E-state index in [-0.39, 0.29) is 24.0 Å². The second-order valence-corrected chi connectivity index (χ2v) is 11.2. The largest absolute Gasteiger partial charge is 0.385 e. The Kier molecular flexibility index (Phi) is 6.20. The van der Waals surface area contributed by atoms with Crippen molar-refractivity contribution in [3.05, 3.63) is 12.2 Å². The predicted molar refractivity (Wildman–Crippen MR) is 125 cm³/mol. The van der Waals surface area contributed by atoms with Gasteiger partial charge in [0.2, 0.25) is 0 Å². The van der Waals surface area contributed by atoms with Crippen LogP contribution in [0.4, 0.5) is 0 Å². The van der Waals surface area contributed by atoms with Crippen LogP contribution in [-0.4, -0.2) is 48.7 Å². The summed E-state index contributed by atoms with van der Waals surface area (Å²) >= 11 is 0. The van der Waals surface area contributed by atoms with Crippen LogP contribution in [0.15, 0.2) is 12.2 Å². The first-order chi connectivity index (χ1) is 14.8. The lowest BCUT2D eigenvalue weighted by molar-refractivity contribution is -0.279. The predicted octanol–water partition coefficient (Wildman–Crippen LogP) is 5.46. The summed E-state index contributed by atoms with van der Waals surface area (Å²) in [6, 6.07) is 0. The number of fused-ring (bicyclic) bond motifs is 6. The fraction of sp³-hybridized carbons (Fsp3) is 0.926. The van der Waals surface area contributed by atoms with Gasteiger partial charge in [0.05, 0.1) is 32.0 Å². The monoisotopic (exact) mass is 450 g/mol. The number of aliphatic hydroxyl groups is 1. The molecule has 0 radical (unpaired) electrons. The minimum Gasteiger partial charge on any atom is -0.385 e. The zero-order valence-electron chi connectivity index (χ0n) is 20.0. The van der Waals surface area contributed by atoms with Crippen LogP contribution in [0.25, 0.3) is 0 Å². The Bertz CT molecular complexity index is 724. The van der Waals surface area contributed by atoms with Crippen LogP contribution < -0.4 is 0 Å². The Morgan fingerprint density at radius 1 is 0.812 bits per heavy atom. The van der Waals surface area contributed by atoms with E-state index in [4.69, 9.17) is 18.9 Å². The van der Waals surface area contributed by atoms with Crippen LogP contribution in [0.3, 0.4) is 0 Å². The SMILES string of the molecule is C.C=C1CC2C3CCC4(OCCO4)[C@@]3(C)CCC2[C@@]2(C)CCC3(C[C@]12O)OCCO3.CC. The first kappa shape index (κ1) is 24.7. The van der Waals surface area contributed by atoms with Gasteiger partial charge in [-0.25, -0.2) is 0 Å². The smallest absolute Gasteiger partial charge is 0.174 e. The van der Waals surface area contributed by atoms with Gasteiger partial charge in [-0.15, -0.1) is 0 Å². The first-order valence-electron chi connectivity index (χ1n) is 12.7. The van der Waals surface area contributed by atoms with E-state index < -0.39 is 11.4 Å². The van der Waals surface area contributed by atoms with E-state index >= 15 is 0 Å². The molecule has 32 heavy (non-hydrogen) atoms. The quantitative estimate of drug-likeness (QED) is 0.497. The number of hydrogen-bond donors (Lipinski definition) is 1. The van der Waals surface area contributed by atoms with Crippen LogP contribution in [0.5, 0.6) is 0 Å². The van der Waals surface area contributed by atoms with Gasteiger partial charge in [-0.2, -0.15) is 0 Å². The summed E-state index contributed by atoms with van der Waals surface area (Å²) in [5.41, 5.74) is 0.00549. The molecule has 0 aromatic carbocycles. The molecule has 0 aromatic heterocycles. The molecule has 0 aromatic rings. The third-order valence-electron chi connectivity index (χ3n) is 10.4. The minimum absolute atomic E-state index is 0. The lowest BCUT2D eigenvalue weighted by Crippen LogP contribution is -2.66. The molecule has 2 saturated heterocycles. The minimum atomic E-state index is -0.902.